The number of aryl methyl sites for hydroxylation is 1. The van der Waals surface area contributed by atoms with Gasteiger partial charge in [-0.2, -0.15) is 0 Å². The summed E-state index contributed by atoms with van der Waals surface area (Å²) in [5.41, 5.74) is 3.04. The van der Waals surface area contributed by atoms with Crippen LogP contribution in [0, 0.1) is 6.92 Å². The molecule has 1 aromatic carbocycles. The summed E-state index contributed by atoms with van der Waals surface area (Å²) in [6.07, 6.45) is 2.67. The molecule has 0 spiro atoms. The Morgan fingerprint density at radius 2 is 2.05 bits per heavy atom. The highest BCUT2D eigenvalue weighted by Crippen LogP contribution is 2.21. The van der Waals surface area contributed by atoms with Gasteiger partial charge in [0.1, 0.15) is 12.0 Å². The van der Waals surface area contributed by atoms with Crippen molar-refractivity contribution in [2.24, 2.45) is 0 Å². The number of aromatic nitrogens is 1. The number of nitrogens with one attached hydrogen (secondary N) is 1. The molecule has 0 aliphatic rings. The largest absolute Gasteiger partial charge is 0.449 e. The van der Waals surface area contributed by atoms with Crippen LogP contribution in [0.4, 0.5) is 5.69 Å². The van der Waals surface area contributed by atoms with Crippen LogP contribution < -0.4 is 5.32 Å². The first-order valence-corrected chi connectivity index (χ1v) is 6.47. The number of ether oxygens (including phenoxy) is 1. The van der Waals surface area contributed by atoms with Crippen molar-refractivity contribution in [1.82, 2.24) is 4.98 Å². The highest BCUT2D eigenvalue weighted by Gasteiger charge is 2.05. The molecule has 4 heteroatoms. The number of hydrogen-bond donors (Lipinski definition) is 1. The third kappa shape index (κ3) is 3.83. The van der Waals surface area contributed by atoms with E-state index in [-0.39, 0.29) is 0 Å². The monoisotopic (exact) mass is 260 g/mol. The van der Waals surface area contributed by atoms with Gasteiger partial charge >= 0.3 is 0 Å². The second kappa shape index (κ2) is 6.38. The molecule has 0 saturated carbocycles. The van der Waals surface area contributed by atoms with Crippen LogP contribution in [0.1, 0.15) is 19.2 Å². The lowest BCUT2D eigenvalue weighted by atomic mass is 10.1. The lowest BCUT2D eigenvalue weighted by molar-refractivity contribution is 0.191. The minimum atomic E-state index is 0.389. The molecule has 1 aromatic heterocycles. The van der Waals surface area contributed by atoms with E-state index in [1.807, 2.05) is 19.1 Å². The van der Waals surface area contributed by atoms with Gasteiger partial charge in [0, 0.05) is 37.9 Å². The number of anilines is 1. The normalized spacial score (nSPS) is 12.4. The maximum atomic E-state index is 5.22. The fourth-order valence-electron chi connectivity index (χ4n) is 1.88. The van der Waals surface area contributed by atoms with Crippen molar-refractivity contribution < 1.29 is 9.15 Å². The van der Waals surface area contributed by atoms with E-state index in [4.69, 9.17) is 9.15 Å². The summed E-state index contributed by atoms with van der Waals surface area (Å²) >= 11 is 0. The summed E-state index contributed by atoms with van der Waals surface area (Å²) in [5.74, 6) is 0.686. The molecule has 2 aromatic rings. The quantitative estimate of drug-likeness (QED) is 0.863. The average Bonchev–Trinajstić information content (AvgIpc) is 2.84. The molecular formula is C15H20N2O2. The Bertz CT molecular complexity index is 505. The summed E-state index contributed by atoms with van der Waals surface area (Å²) in [4.78, 5) is 4.31. The van der Waals surface area contributed by atoms with Crippen LogP contribution in [0.3, 0.4) is 0 Å². The van der Waals surface area contributed by atoms with Gasteiger partial charge < -0.3 is 14.5 Å². The molecular weight excluding hydrogens is 240 g/mol. The van der Waals surface area contributed by atoms with Crippen LogP contribution in [0.2, 0.25) is 0 Å². The summed E-state index contributed by atoms with van der Waals surface area (Å²) in [7, 11) is 1.72. The van der Waals surface area contributed by atoms with Crippen LogP contribution in [0.25, 0.3) is 11.3 Å². The van der Waals surface area contributed by atoms with E-state index < -0.39 is 0 Å². The van der Waals surface area contributed by atoms with Crippen LogP contribution in [0.5, 0.6) is 0 Å². The SMILES string of the molecule is COCCC(C)Nc1ccc(-c2coc(C)n2)cc1. The van der Waals surface area contributed by atoms with Gasteiger partial charge in [0.05, 0.1) is 0 Å². The predicted molar refractivity (Wildman–Crippen MR) is 76.3 cm³/mol. The zero-order valence-electron chi connectivity index (χ0n) is 11.6. The summed E-state index contributed by atoms with van der Waals surface area (Å²) in [6.45, 7) is 4.76. The molecule has 19 heavy (non-hydrogen) atoms. The molecule has 0 radical (unpaired) electrons. The van der Waals surface area contributed by atoms with Crippen molar-refractivity contribution >= 4 is 5.69 Å². The van der Waals surface area contributed by atoms with Crippen molar-refractivity contribution in [3.63, 3.8) is 0 Å². The first-order valence-electron chi connectivity index (χ1n) is 6.47. The number of nitrogens with zero attached hydrogens (tertiary/aromatic N) is 1. The van der Waals surface area contributed by atoms with Crippen LogP contribution >= 0.6 is 0 Å². The fraction of sp³-hybridized carbons (Fsp3) is 0.400. The van der Waals surface area contributed by atoms with Gasteiger partial charge in [-0.15, -0.1) is 0 Å². The molecule has 0 amide bonds. The number of oxazole rings is 1. The summed E-state index contributed by atoms with van der Waals surface area (Å²) in [6, 6.07) is 8.59. The fourth-order valence-corrected chi connectivity index (χ4v) is 1.88. The first kappa shape index (κ1) is 13.6. The second-order valence-electron chi connectivity index (χ2n) is 4.66. The summed E-state index contributed by atoms with van der Waals surface area (Å²) in [5, 5.41) is 3.44. The molecule has 0 bridgehead atoms. The van der Waals surface area contributed by atoms with Gasteiger partial charge in [0.2, 0.25) is 0 Å². The highest BCUT2D eigenvalue weighted by atomic mass is 16.5. The van der Waals surface area contributed by atoms with Gasteiger partial charge in [0.15, 0.2) is 5.89 Å². The Hall–Kier alpha value is -1.81. The molecule has 1 heterocycles. The Morgan fingerprint density at radius 1 is 1.32 bits per heavy atom. The highest BCUT2D eigenvalue weighted by molar-refractivity contribution is 5.61. The maximum absolute atomic E-state index is 5.22. The molecule has 0 aliphatic carbocycles. The second-order valence-corrected chi connectivity index (χ2v) is 4.66. The van der Waals surface area contributed by atoms with Crippen molar-refractivity contribution in [1.29, 1.82) is 0 Å². The minimum absolute atomic E-state index is 0.389. The zero-order valence-corrected chi connectivity index (χ0v) is 11.6. The molecule has 0 saturated heterocycles. The van der Waals surface area contributed by atoms with Gasteiger partial charge in [0.25, 0.3) is 0 Å². The van der Waals surface area contributed by atoms with E-state index in [0.717, 1.165) is 30.0 Å². The Balaban J connectivity index is 1.98. The molecule has 0 fully saturated rings. The average molecular weight is 260 g/mol. The van der Waals surface area contributed by atoms with Crippen LogP contribution in [0.15, 0.2) is 34.9 Å². The third-order valence-electron chi connectivity index (χ3n) is 2.97. The number of benzene rings is 1. The predicted octanol–water partition coefficient (Wildman–Crippen LogP) is 3.49. The van der Waals surface area contributed by atoms with Gasteiger partial charge in [-0.3, -0.25) is 0 Å². The van der Waals surface area contributed by atoms with E-state index in [0.29, 0.717) is 11.9 Å². The third-order valence-corrected chi connectivity index (χ3v) is 2.97. The van der Waals surface area contributed by atoms with Crippen molar-refractivity contribution in [2.45, 2.75) is 26.3 Å². The van der Waals surface area contributed by atoms with Crippen molar-refractivity contribution in [3.8, 4) is 11.3 Å². The summed E-state index contributed by atoms with van der Waals surface area (Å²) < 4.78 is 10.3. The minimum Gasteiger partial charge on any atom is -0.449 e. The van der Waals surface area contributed by atoms with Crippen LogP contribution in [-0.4, -0.2) is 24.7 Å². The molecule has 1 atom stereocenters. The standard InChI is InChI=1S/C15H20N2O2/c1-11(8-9-18-3)16-14-6-4-13(5-7-14)15-10-19-12(2)17-15/h4-7,10-11,16H,8-9H2,1-3H3. The number of rotatable bonds is 6. The molecule has 0 aliphatic heterocycles. The Morgan fingerprint density at radius 3 is 2.63 bits per heavy atom. The molecule has 1 unspecified atom stereocenters. The number of methoxy groups -OCH3 is 1. The van der Waals surface area contributed by atoms with Crippen LogP contribution in [-0.2, 0) is 4.74 Å². The van der Waals surface area contributed by atoms with Gasteiger partial charge in [-0.25, -0.2) is 4.98 Å². The van der Waals surface area contributed by atoms with E-state index >= 15 is 0 Å². The zero-order chi connectivity index (χ0) is 13.7. The topological polar surface area (TPSA) is 47.3 Å². The van der Waals surface area contributed by atoms with Crippen molar-refractivity contribution in [2.75, 3.05) is 19.0 Å². The van der Waals surface area contributed by atoms with E-state index in [9.17, 15) is 0 Å². The van der Waals surface area contributed by atoms with Gasteiger partial charge in [-0.05, 0) is 25.5 Å². The molecule has 102 valence electrons. The van der Waals surface area contributed by atoms with Gasteiger partial charge in [-0.1, -0.05) is 12.1 Å². The van der Waals surface area contributed by atoms with E-state index in [2.05, 4.69) is 29.4 Å². The lowest BCUT2D eigenvalue weighted by Crippen LogP contribution is -2.16. The first-order chi connectivity index (χ1) is 9.19. The van der Waals surface area contributed by atoms with E-state index in [1.165, 1.54) is 0 Å². The maximum Gasteiger partial charge on any atom is 0.191 e. The lowest BCUT2D eigenvalue weighted by Gasteiger charge is -2.14. The van der Waals surface area contributed by atoms with Crippen molar-refractivity contribution in [3.05, 3.63) is 36.4 Å². The molecule has 1 N–H and O–H groups in total. The van der Waals surface area contributed by atoms with E-state index in [1.54, 1.807) is 13.4 Å². The molecule has 2 rings (SSSR count). The smallest absolute Gasteiger partial charge is 0.191 e. The molecule has 4 nitrogen and oxygen atoms in total. The Kier molecular flexibility index (Phi) is 4.58. The number of hydrogen-bond acceptors (Lipinski definition) is 4. The Labute approximate surface area is 113 Å².